The predicted molar refractivity (Wildman–Crippen MR) is 76.1 cm³/mol. The second kappa shape index (κ2) is 9.65. The molecule has 0 radical (unpaired) electrons. The second-order valence-electron chi connectivity index (χ2n) is 3.49. The molecule has 0 atom stereocenters. The third kappa shape index (κ3) is 6.83. The van der Waals surface area contributed by atoms with Crippen molar-refractivity contribution < 1.29 is 4.79 Å². The molecule has 2 N–H and O–H groups in total. The monoisotopic (exact) mass is 299 g/mol. The molecular weight excluding hydrogens is 281 g/mol. The van der Waals surface area contributed by atoms with Gasteiger partial charge < -0.3 is 10.6 Å². The van der Waals surface area contributed by atoms with E-state index in [9.17, 15) is 4.79 Å². The number of amides is 1. The largest absolute Gasteiger partial charge is 0.341 e. The van der Waals surface area contributed by atoms with Crippen LogP contribution >= 0.6 is 36.2 Å². The molecule has 0 aromatic carbocycles. The molecule has 0 spiro atoms. The Labute approximate surface area is 118 Å². The van der Waals surface area contributed by atoms with Gasteiger partial charge in [-0.05, 0) is 19.9 Å². The summed E-state index contributed by atoms with van der Waals surface area (Å²) in [5.74, 6) is 0.145. The minimum absolute atomic E-state index is 0. The van der Waals surface area contributed by atoms with Gasteiger partial charge in [0.2, 0.25) is 5.91 Å². The number of rotatable bonds is 5. The van der Waals surface area contributed by atoms with Crippen molar-refractivity contribution in [3.63, 3.8) is 0 Å². The Hall–Kier alpha value is -0.360. The second-order valence-corrected chi connectivity index (χ2v) is 4.81. The van der Waals surface area contributed by atoms with E-state index in [4.69, 9.17) is 5.73 Å². The van der Waals surface area contributed by atoms with Gasteiger partial charge in [-0.3, -0.25) is 4.79 Å². The third-order valence-electron chi connectivity index (χ3n) is 2.08. The number of aryl methyl sites for hydroxylation is 1. The van der Waals surface area contributed by atoms with E-state index in [-0.39, 0.29) is 30.7 Å². The van der Waals surface area contributed by atoms with Crippen molar-refractivity contribution in [1.82, 2.24) is 9.88 Å². The van der Waals surface area contributed by atoms with E-state index in [1.165, 1.54) is 0 Å². The Balaban J connectivity index is 0. The predicted octanol–water partition coefficient (Wildman–Crippen LogP) is 1.99. The lowest BCUT2D eigenvalue weighted by Gasteiger charge is -2.15. The molecule has 17 heavy (non-hydrogen) atoms. The third-order valence-corrected chi connectivity index (χ3v) is 2.98. The number of aromatic nitrogens is 1. The molecule has 0 aliphatic heterocycles. The number of thiazole rings is 1. The molecule has 1 heterocycles. The Morgan fingerprint density at radius 1 is 1.53 bits per heavy atom. The molecule has 0 saturated carbocycles. The van der Waals surface area contributed by atoms with E-state index in [2.05, 4.69) is 4.98 Å². The van der Waals surface area contributed by atoms with Gasteiger partial charge in [-0.1, -0.05) is 0 Å². The van der Waals surface area contributed by atoms with E-state index in [0.29, 0.717) is 19.5 Å². The van der Waals surface area contributed by atoms with Gasteiger partial charge in [-0.15, -0.1) is 36.2 Å². The number of hydrogen-bond acceptors (Lipinski definition) is 4. The molecule has 100 valence electrons. The highest BCUT2D eigenvalue weighted by Crippen LogP contribution is 2.13. The van der Waals surface area contributed by atoms with Crippen LogP contribution in [-0.4, -0.2) is 29.4 Å². The van der Waals surface area contributed by atoms with Gasteiger partial charge in [0, 0.05) is 24.5 Å². The Bertz CT molecular complexity index is 333. The van der Waals surface area contributed by atoms with Gasteiger partial charge in [0.1, 0.15) is 0 Å². The van der Waals surface area contributed by atoms with Crippen LogP contribution in [0.4, 0.5) is 0 Å². The van der Waals surface area contributed by atoms with Crippen molar-refractivity contribution in [3.8, 4) is 0 Å². The van der Waals surface area contributed by atoms with E-state index >= 15 is 0 Å². The molecule has 4 nitrogen and oxygen atoms in total. The first-order chi connectivity index (χ1) is 7.13. The Kier molecular flexibility index (Phi) is 10.8. The quantitative estimate of drug-likeness (QED) is 0.904. The topological polar surface area (TPSA) is 59.2 Å². The van der Waals surface area contributed by atoms with Crippen LogP contribution in [0.25, 0.3) is 0 Å². The molecule has 1 aromatic heterocycles. The first-order valence-electron chi connectivity index (χ1n) is 4.99. The van der Waals surface area contributed by atoms with Crippen molar-refractivity contribution in [2.24, 2.45) is 5.73 Å². The summed E-state index contributed by atoms with van der Waals surface area (Å²) in [7, 11) is 1.81. The van der Waals surface area contributed by atoms with Crippen molar-refractivity contribution in [3.05, 3.63) is 16.1 Å². The number of carbonyl (C=O) groups excluding carboxylic acids is 1. The fraction of sp³-hybridized carbons (Fsp3) is 0.600. The number of carbonyl (C=O) groups is 1. The summed E-state index contributed by atoms with van der Waals surface area (Å²) < 4.78 is 0. The normalized spacial score (nSPS) is 9.12. The summed E-state index contributed by atoms with van der Waals surface area (Å²) in [6.07, 6.45) is 3.11. The lowest BCUT2D eigenvalue weighted by Crippen LogP contribution is -2.26. The van der Waals surface area contributed by atoms with Gasteiger partial charge in [0.05, 0.1) is 11.6 Å². The minimum atomic E-state index is 0. The van der Waals surface area contributed by atoms with Crippen LogP contribution in [0.15, 0.2) is 6.20 Å². The standard InChI is InChI=1S/C10H17N3OS.2ClH/c1-8-12-6-9(15-8)7-13(2)10(14)4-3-5-11;;/h6H,3-5,7,11H2,1-2H3;2*1H. The Morgan fingerprint density at radius 3 is 2.65 bits per heavy atom. The van der Waals surface area contributed by atoms with E-state index in [1.807, 2.05) is 20.2 Å². The number of nitrogens with two attached hydrogens (primary N) is 1. The maximum Gasteiger partial charge on any atom is 0.222 e. The van der Waals surface area contributed by atoms with Crippen LogP contribution < -0.4 is 5.73 Å². The molecule has 0 bridgehead atoms. The molecule has 1 rings (SSSR count). The summed E-state index contributed by atoms with van der Waals surface area (Å²) in [6.45, 7) is 3.18. The molecule has 0 aliphatic rings. The summed E-state index contributed by atoms with van der Waals surface area (Å²) >= 11 is 1.63. The minimum Gasteiger partial charge on any atom is -0.341 e. The van der Waals surface area contributed by atoms with Gasteiger partial charge in [0.25, 0.3) is 0 Å². The van der Waals surface area contributed by atoms with Crippen LogP contribution in [0.1, 0.15) is 22.7 Å². The first-order valence-corrected chi connectivity index (χ1v) is 5.80. The van der Waals surface area contributed by atoms with Crippen LogP contribution in [0.2, 0.25) is 0 Å². The lowest BCUT2D eigenvalue weighted by atomic mass is 10.3. The molecule has 1 amide bonds. The smallest absolute Gasteiger partial charge is 0.222 e. The summed E-state index contributed by atoms with van der Waals surface area (Å²) in [4.78, 5) is 18.6. The van der Waals surface area contributed by atoms with Crippen LogP contribution in [0.3, 0.4) is 0 Å². The SMILES string of the molecule is Cc1ncc(CN(C)C(=O)CCCN)s1.Cl.Cl. The zero-order valence-corrected chi connectivity index (χ0v) is 12.5. The average molecular weight is 300 g/mol. The fourth-order valence-electron chi connectivity index (χ4n) is 1.24. The highest BCUT2D eigenvalue weighted by Gasteiger charge is 2.09. The fourth-order valence-corrected chi connectivity index (χ4v) is 2.09. The van der Waals surface area contributed by atoms with Crippen LogP contribution in [-0.2, 0) is 11.3 Å². The van der Waals surface area contributed by atoms with Crippen LogP contribution in [0.5, 0.6) is 0 Å². The average Bonchev–Trinajstić information content (AvgIpc) is 2.60. The van der Waals surface area contributed by atoms with Crippen molar-refractivity contribution in [1.29, 1.82) is 0 Å². The van der Waals surface area contributed by atoms with Crippen molar-refractivity contribution >= 4 is 42.1 Å². The molecule has 0 aliphatic carbocycles. The van der Waals surface area contributed by atoms with Gasteiger partial charge >= 0.3 is 0 Å². The summed E-state index contributed by atoms with van der Waals surface area (Å²) in [5.41, 5.74) is 5.35. The number of nitrogens with zero attached hydrogens (tertiary/aromatic N) is 2. The molecule has 0 saturated heterocycles. The maximum atomic E-state index is 11.6. The van der Waals surface area contributed by atoms with Crippen LogP contribution in [0, 0.1) is 6.92 Å². The zero-order chi connectivity index (χ0) is 11.3. The molecule has 1 aromatic rings. The first kappa shape index (κ1) is 19.0. The summed E-state index contributed by atoms with van der Waals surface area (Å²) in [5, 5.41) is 1.04. The van der Waals surface area contributed by atoms with Crippen molar-refractivity contribution in [2.45, 2.75) is 26.3 Å². The maximum absolute atomic E-state index is 11.6. The van der Waals surface area contributed by atoms with E-state index < -0.39 is 0 Å². The highest BCUT2D eigenvalue weighted by atomic mass is 35.5. The summed E-state index contributed by atoms with van der Waals surface area (Å²) in [6, 6.07) is 0. The van der Waals surface area contributed by atoms with Gasteiger partial charge in [-0.25, -0.2) is 4.98 Å². The van der Waals surface area contributed by atoms with E-state index in [0.717, 1.165) is 16.3 Å². The van der Waals surface area contributed by atoms with Gasteiger partial charge in [0.15, 0.2) is 0 Å². The molecule has 7 heteroatoms. The molecule has 0 unspecified atom stereocenters. The van der Waals surface area contributed by atoms with Gasteiger partial charge in [-0.2, -0.15) is 0 Å². The van der Waals surface area contributed by atoms with E-state index in [1.54, 1.807) is 16.2 Å². The zero-order valence-electron chi connectivity index (χ0n) is 10.0. The number of hydrogen-bond donors (Lipinski definition) is 1. The van der Waals surface area contributed by atoms with Crippen molar-refractivity contribution in [2.75, 3.05) is 13.6 Å². The highest BCUT2D eigenvalue weighted by molar-refractivity contribution is 7.11. The number of halogens is 2. The molecule has 0 fully saturated rings. The lowest BCUT2D eigenvalue weighted by molar-refractivity contribution is -0.130. The molecular formula is C10H19Cl2N3OS. The Morgan fingerprint density at radius 2 is 2.18 bits per heavy atom.